The van der Waals surface area contributed by atoms with Crippen molar-refractivity contribution in [3.63, 3.8) is 0 Å². The van der Waals surface area contributed by atoms with E-state index in [9.17, 15) is 13.2 Å². The summed E-state index contributed by atoms with van der Waals surface area (Å²) >= 11 is 0. The second-order valence-corrected chi connectivity index (χ2v) is 6.30. The molecule has 0 bridgehead atoms. The lowest BCUT2D eigenvalue weighted by Gasteiger charge is -2.11. The molecule has 112 valence electrons. The number of hydrogen-bond acceptors (Lipinski definition) is 4. The molecule has 0 aliphatic carbocycles. The maximum Gasteiger partial charge on any atom is 0.229 e. The minimum atomic E-state index is -3.30. The first-order valence-corrected chi connectivity index (χ1v) is 8.30. The van der Waals surface area contributed by atoms with Crippen molar-refractivity contribution < 1.29 is 13.2 Å². The molecule has 1 rings (SSSR count). The van der Waals surface area contributed by atoms with E-state index in [1.165, 1.54) is 0 Å². The maximum absolute atomic E-state index is 11.6. The molecule has 0 aromatic heterocycles. The average Bonchev–Trinajstić information content (AvgIpc) is 2.31. The molecule has 0 atom stereocenters. The Kier molecular flexibility index (Phi) is 5.97. The van der Waals surface area contributed by atoms with Crippen molar-refractivity contribution in [3.8, 4) is 0 Å². The van der Waals surface area contributed by atoms with Crippen LogP contribution >= 0.6 is 0 Å². The van der Waals surface area contributed by atoms with Crippen LogP contribution in [-0.2, 0) is 14.8 Å². The third kappa shape index (κ3) is 6.03. The number of benzene rings is 1. The van der Waals surface area contributed by atoms with Gasteiger partial charge in [0.25, 0.3) is 0 Å². The van der Waals surface area contributed by atoms with E-state index in [1.807, 2.05) is 6.92 Å². The fourth-order valence-electron chi connectivity index (χ4n) is 1.66. The molecule has 0 spiro atoms. The Bertz CT molecular complexity index is 570. The number of rotatable bonds is 7. The van der Waals surface area contributed by atoms with Gasteiger partial charge in [-0.1, -0.05) is 6.92 Å². The lowest BCUT2D eigenvalue weighted by Crippen LogP contribution is -2.21. The summed E-state index contributed by atoms with van der Waals surface area (Å²) < 4.78 is 24.8. The number of sulfonamides is 1. The van der Waals surface area contributed by atoms with Crippen molar-refractivity contribution in [2.45, 2.75) is 20.3 Å². The molecule has 0 aliphatic rings. The van der Waals surface area contributed by atoms with Crippen molar-refractivity contribution in [1.82, 2.24) is 5.32 Å². The zero-order valence-corrected chi connectivity index (χ0v) is 12.8. The van der Waals surface area contributed by atoms with Crippen LogP contribution < -0.4 is 15.4 Å². The van der Waals surface area contributed by atoms with E-state index in [2.05, 4.69) is 15.4 Å². The number of hydrogen-bond donors (Lipinski definition) is 3. The summed E-state index contributed by atoms with van der Waals surface area (Å²) in [5, 5.41) is 5.85. The molecule has 6 nitrogen and oxygen atoms in total. The van der Waals surface area contributed by atoms with Crippen molar-refractivity contribution in [2.75, 3.05) is 29.4 Å². The first-order valence-electron chi connectivity index (χ1n) is 6.41. The van der Waals surface area contributed by atoms with Crippen LogP contribution in [0.5, 0.6) is 0 Å². The summed E-state index contributed by atoms with van der Waals surface area (Å²) in [6, 6.07) is 5.04. The molecule has 1 amide bonds. The second kappa shape index (κ2) is 7.25. The number of carbonyl (C=O) groups is 1. The van der Waals surface area contributed by atoms with Gasteiger partial charge in [0.1, 0.15) is 0 Å². The van der Waals surface area contributed by atoms with Crippen LogP contribution in [0.3, 0.4) is 0 Å². The van der Waals surface area contributed by atoms with Gasteiger partial charge in [-0.25, -0.2) is 8.42 Å². The standard InChI is InChI=1S/C13H21N3O3S/c1-4-14-8-7-13(17)15-11-5-6-12(10(2)9-11)16-20(3,18)19/h5-6,9,14,16H,4,7-8H2,1-3H3,(H,15,17). The van der Waals surface area contributed by atoms with E-state index >= 15 is 0 Å². The fraction of sp³-hybridized carbons (Fsp3) is 0.462. The van der Waals surface area contributed by atoms with E-state index in [4.69, 9.17) is 0 Å². The molecule has 0 saturated heterocycles. The van der Waals surface area contributed by atoms with Crippen molar-refractivity contribution >= 4 is 27.3 Å². The van der Waals surface area contributed by atoms with Crippen LogP contribution in [0.2, 0.25) is 0 Å². The Morgan fingerprint density at radius 1 is 1.30 bits per heavy atom. The SMILES string of the molecule is CCNCCC(=O)Nc1ccc(NS(C)(=O)=O)c(C)c1. The van der Waals surface area contributed by atoms with Crippen molar-refractivity contribution in [1.29, 1.82) is 0 Å². The third-order valence-electron chi connectivity index (χ3n) is 2.58. The minimum Gasteiger partial charge on any atom is -0.326 e. The molecular weight excluding hydrogens is 278 g/mol. The largest absolute Gasteiger partial charge is 0.326 e. The zero-order valence-electron chi connectivity index (χ0n) is 12.0. The molecule has 0 unspecified atom stereocenters. The van der Waals surface area contributed by atoms with Gasteiger partial charge in [-0.15, -0.1) is 0 Å². The third-order valence-corrected chi connectivity index (χ3v) is 3.18. The fourth-order valence-corrected chi connectivity index (χ4v) is 2.29. The molecule has 3 N–H and O–H groups in total. The summed E-state index contributed by atoms with van der Waals surface area (Å²) in [7, 11) is -3.30. The van der Waals surface area contributed by atoms with Crippen LogP contribution in [-0.4, -0.2) is 33.7 Å². The van der Waals surface area contributed by atoms with E-state index in [-0.39, 0.29) is 5.91 Å². The number of amides is 1. The average molecular weight is 299 g/mol. The summed E-state index contributed by atoms with van der Waals surface area (Å²) in [6.07, 6.45) is 1.50. The van der Waals surface area contributed by atoms with Crippen LogP contribution in [0, 0.1) is 6.92 Å². The summed E-state index contributed by atoms with van der Waals surface area (Å²) in [5.41, 5.74) is 1.92. The maximum atomic E-state index is 11.6. The highest BCUT2D eigenvalue weighted by atomic mass is 32.2. The van der Waals surface area contributed by atoms with Crippen molar-refractivity contribution in [2.24, 2.45) is 0 Å². The normalized spacial score (nSPS) is 11.2. The molecule has 0 heterocycles. The Morgan fingerprint density at radius 2 is 2.00 bits per heavy atom. The predicted molar refractivity (Wildman–Crippen MR) is 81.4 cm³/mol. The van der Waals surface area contributed by atoms with Crippen LogP contribution in [0.15, 0.2) is 18.2 Å². The van der Waals surface area contributed by atoms with Gasteiger partial charge in [0.15, 0.2) is 0 Å². The Labute approximate surface area is 120 Å². The topological polar surface area (TPSA) is 87.3 Å². The highest BCUT2D eigenvalue weighted by Gasteiger charge is 2.07. The Morgan fingerprint density at radius 3 is 2.55 bits per heavy atom. The first kappa shape index (κ1) is 16.5. The van der Waals surface area contributed by atoms with Crippen molar-refractivity contribution in [3.05, 3.63) is 23.8 Å². The summed E-state index contributed by atoms with van der Waals surface area (Å²) in [4.78, 5) is 11.6. The number of anilines is 2. The van der Waals surface area contributed by atoms with Gasteiger partial charge in [-0.2, -0.15) is 0 Å². The molecule has 1 aromatic rings. The highest BCUT2D eigenvalue weighted by molar-refractivity contribution is 7.92. The van der Waals surface area contributed by atoms with E-state index in [0.717, 1.165) is 18.4 Å². The second-order valence-electron chi connectivity index (χ2n) is 4.56. The van der Waals surface area contributed by atoms with Crippen LogP contribution in [0.4, 0.5) is 11.4 Å². The monoisotopic (exact) mass is 299 g/mol. The summed E-state index contributed by atoms with van der Waals surface area (Å²) in [6.45, 7) is 5.23. The Balaban J connectivity index is 2.65. The van der Waals surface area contributed by atoms with Gasteiger partial charge in [-0.05, 0) is 37.2 Å². The molecule has 0 radical (unpaired) electrons. The molecule has 0 saturated carbocycles. The predicted octanol–water partition coefficient (Wildman–Crippen LogP) is 1.30. The smallest absolute Gasteiger partial charge is 0.229 e. The molecule has 7 heteroatoms. The molecular formula is C13H21N3O3S. The quantitative estimate of drug-likeness (QED) is 0.662. The first-order chi connectivity index (χ1) is 9.31. The number of nitrogens with one attached hydrogen (secondary N) is 3. The molecule has 20 heavy (non-hydrogen) atoms. The van der Waals surface area contributed by atoms with Gasteiger partial charge < -0.3 is 10.6 Å². The lowest BCUT2D eigenvalue weighted by molar-refractivity contribution is -0.116. The van der Waals surface area contributed by atoms with Crippen LogP contribution in [0.25, 0.3) is 0 Å². The van der Waals surface area contributed by atoms with Gasteiger partial charge in [-0.3, -0.25) is 9.52 Å². The van der Waals surface area contributed by atoms with Gasteiger partial charge in [0, 0.05) is 18.7 Å². The lowest BCUT2D eigenvalue weighted by atomic mass is 10.2. The van der Waals surface area contributed by atoms with Gasteiger partial charge >= 0.3 is 0 Å². The summed E-state index contributed by atoms with van der Waals surface area (Å²) in [5.74, 6) is -0.0748. The number of carbonyl (C=O) groups excluding carboxylic acids is 1. The molecule has 1 aromatic carbocycles. The minimum absolute atomic E-state index is 0.0748. The Hall–Kier alpha value is -1.60. The molecule has 0 fully saturated rings. The van der Waals surface area contributed by atoms with Gasteiger partial charge in [0.2, 0.25) is 15.9 Å². The zero-order chi connectivity index (χ0) is 15.2. The number of aryl methyl sites for hydroxylation is 1. The molecule has 0 aliphatic heterocycles. The van der Waals surface area contributed by atoms with E-state index in [0.29, 0.717) is 24.3 Å². The van der Waals surface area contributed by atoms with E-state index in [1.54, 1.807) is 25.1 Å². The van der Waals surface area contributed by atoms with Gasteiger partial charge in [0.05, 0.1) is 11.9 Å². The van der Waals surface area contributed by atoms with E-state index < -0.39 is 10.0 Å². The highest BCUT2D eigenvalue weighted by Crippen LogP contribution is 2.20. The van der Waals surface area contributed by atoms with Crippen LogP contribution in [0.1, 0.15) is 18.9 Å².